The Balaban J connectivity index is 1.53. The van der Waals surface area contributed by atoms with Gasteiger partial charge in [0.1, 0.15) is 17.1 Å². The first-order valence-corrected chi connectivity index (χ1v) is 9.79. The molecule has 0 aromatic heterocycles. The molecule has 9 heteroatoms. The Bertz CT molecular complexity index is 952. The van der Waals surface area contributed by atoms with Gasteiger partial charge in [0.15, 0.2) is 0 Å². The highest BCUT2D eigenvalue weighted by Crippen LogP contribution is 2.21. The minimum atomic E-state index is -0.514. The second-order valence-electron chi connectivity index (χ2n) is 7.01. The molecule has 31 heavy (non-hydrogen) atoms. The van der Waals surface area contributed by atoms with Crippen LogP contribution in [-0.2, 0) is 11.3 Å². The number of hydrogen-bond donors (Lipinski definition) is 2. The van der Waals surface area contributed by atoms with Gasteiger partial charge in [0.25, 0.3) is 5.91 Å². The lowest BCUT2D eigenvalue weighted by molar-refractivity contribution is 0.0596. The van der Waals surface area contributed by atoms with Gasteiger partial charge in [0.2, 0.25) is 0 Å². The molecule has 2 aromatic rings. The zero-order chi connectivity index (χ0) is 22.4. The number of amides is 3. The van der Waals surface area contributed by atoms with Crippen LogP contribution in [0, 0.1) is 0 Å². The summed E-state index contributed by atoms with van der Waals surface area (Å²) in [6, 6.07) is 10.9. The van der Waals surface area contributed by atoms with E-state index in [9.17, 15) is 19.5 Å². The maximum absolute atomic E-state index is 12.5. The number of ether oxygens (including phenoxy) is 2. The number of nitrogens with zero attached hydrogens (tertiary/aromatic N) is 2. The van der Waals surface area contributed by atoms with Crippen LogP contribution in [0.25, 0.3) is 0 Å². The molecule has 0 bridgehead atoms. The molecule has 3 rings (SSSR count). The summed E-state index contributed by atoms with van der Waals surface area (Å²) in [5.41, 5.74) is 1.52. The number of rotatable bonds is 5. The van der Waals surface area contributed by atoms with Gasteiger partial charge in [0.05, 0.1) is 14.2 Å². The summed E-state index contributed by atoms with van der Waals surface area (Å²) in [4.78, 5) is 40.3. The summed E-state index contributed by atoms with van der Waals surface area (Å²) in [5.74, 6) is -0.141. The zero-order valence-electron chi connectivity index (χ0n) is 17.5. The fourth-order valence-electron chi connectivity index (χ4n) is 3.32. The Hall–Kier alpha value is -3.75. The smallest absolute Gasteiger partial charge is 0.341 e. The summed E-state index contributed by atoms with van der Waals surface area (Å²) in [7, 11) is 2.76. The van der Waals surface area contributed by atoms with Crippen LogP contribution in [-0.4, -0.2) is 73.2 Å². The van der Waals surface area contributed by atoms with Gasteiger partial charge in [-0.1, -0.05) is 6.07 Å². The van der Waals surface area contributed by atoms with E-state index >= 15 is 0 Å². The van der Waals surface area contributed by atoms with E-state index < -0.39 is 5.97 Å². The number of esters is 1. The van der Waals surface area contributed by atoms with E-state index in [1.807, 2.05) is 0 Å². The number of urea groups is 1. The number of piperazine rings is 1. The summed E-state index contributed by atoms with van der Waals surface area (Å²) in [5, 5.41) is 12.2. The van der Waals surface area contributed by atoms with E-state index in [0.717, 1.165) is 5.56 Å². The van der Waals surface area contributed by atoms with E-state index in [1.54, 1.807) is 40.1 Å². The first-order chi connectivity index (χ1) is 14.9. The average Bonchev–Trinajstić information content (AvgIpc) is 2.82. The van der Waals surface area contributed by atoms with Crippen LogP contribution in [0.1, 0.15) is 26.3 Å². The number of phenolic OH excluding ortho intramolecular Hbond substituents is 1. The lowest BCUT2D eigenvalue weighted by Gasteiger charge is -2.34. The van der Waals surface area contributed by atoms with E-state index in [-0.39, 0.29) is 29.8 Å². The second kappa shape index (κ2) is 9.84. The standard InChI is InChI=1S/C22H25N3O6/c1-30-19-8-3-15(13-18(19)21(28)31-2)14-23-22(29)25-11-9-24(10-12-25)20(27)16-4-6-17(26)7-5-16/h3-8,13,26H,9-12,14H2,1-2H3,(H,23,29). The highest BCUT2D eigenvalue weighted by Gasteiger charge is 2.25. The van der Waals surface area contributed by atoms with E-state index in [2.05, 4.69) is 5.32 Å². The summed E-state index contributed by atoms with van der Waals surface area (Å²) in [6.07, 6.45) is 0. The van der Waals surface area contributed by atoms with Crippen molar-refractivity contribution < 1.29 is 29.0 Å². The minimum absolute atomic E-state index is 0.105. The van der Waals surface area contributed by atoms with Crippen LogP contribution in [0.4, 0.5) is 4.79 Å². The molecule has 1 aliphatic rings. The Morgan fingerprint density at radius 1 is 0.968 bits per heavy atom. The van der Waals surface area contributed by atoms with E-state index in [1.165, 1.54) is 26.4 Å². The van der Waals surface area contributed by atoms with Crippen molar-refractivity contribution in [2.45, 2.75) is 6.54 Å². The SMILES string of the molecule is COC(=O)c1cc(CNC(=O)N2CCN(C(=O)c3ccc(O)cc3)CC2)ccc1OC. The number of phenols is 1. The van der Waals surface area contributed by atoms with Crippen LogP contribution in [0.3, 0.4) is 0 Å². The van der Waals surface area contributed by atoms with Crippen molar-refractivity contribution in [3.63, 3.8) is 0 Å². The largest absolute Gasteiger partial charge is 0.508 e. The molecule has 0 aliphatic carbocycles. The molecule has 0 atom stereocenters. The second-order valence-corrected chi connectivity index (χ2v) is 7.01. The van der Waals surface area contributed by atoms with Gasteiger partial charge in [-0.3, -0.25) is 4.79 Å². The lowest BCUT2D eigenvalue weighted by atomic mass is 10.1. The van der Waals surface area contributed by atoms with Crippen LogP contribution in [0.5, 0.6) is 11.5 Å². The predicted octanol–water partition coefficient (Wildman–Crippen LogP) is 1.85. The summed E-state index contributed by atoms with van der Waals surface area (Å²) in [6.45, 7) is 1.89. The van der Waals surface area contributed by atoms with Crippen molar-refractivity contribution in [2.75, 3.05) is 40.4 Å². The topological polar surface area (TPSA) is 108 Å². The van der Waals surface area contributed by atoms with Crippen molar-refractivity contribution >= 4 is 17.9 Å². The number of carbonyl (C=O) groups is 3. The number of aromatic hydroxyl groups is 1. The first kappa shape index (κ1) is 21.9. The van der Waals surface area contributed by atoms with Crippen LogP contribution in [0.15, 0.2) is 42.5 Å². The third-order valence-corrected chi connectivity index (χ3v) is 5.08. The van der Waals surface area contributed by atoms with Crippen LogP contribution < -0.4 is 10.1 Å². The Morgan fingerprint density at radius 3 is 2.23 bits per heavy atom. The predicted molar refractivity (Wildman–Crippen MR) is 112 cm³/mol. The molecule has 1 aliphatic heterocycles. The monoisotopic (exact) mass is 427 g/mol. The number of hydrogen-bond acceptors (Lipinski definition) is 6. The van der Waals surface area contributed by atoms with Crippen molar-refractivity contribution in [3.05, 3.63) is 59.2 Å². The summed E-state index contributed by atoms with van der Waals surface area (Å²) >= 11 is 0. The molecular formula is C22H25N3O6. The number of methoxy groups -OCH3 is 2. The van der Waals surface area contributed by atoms with Gasteiger partial charge >= 0.3 is 12.0 Å². The first-order valence-electron chi connectivity index (χ1n) is 9.79. The lowest BCUT2D eigenvalue weighted by Crippen LogP contribution is -2.53. The molecule has 0 radical (unpaired) electrons. The molecule has 2 N–H and O–H groups in total. The van der Waals surface area contributed by atoms with Crippen molar-refractivity contribution in [1.29, 1.82) is 0 Å². The zero-order valence-corrected chi connectivity index (χ0v) is 17.5. The molecular weight excluding hydrogens is 402 g/mol. The molecule has 2 aromatic carbocycles. The van der Waals surface area contributed by atoms with E-state index in [0.29, 0.717) is 37.5 Å². The molecule has 1 fully saturated rings. The number of benzene rings is 2. The van der Waals surface area contributed by atoms with Gasteiger partial charge in [-0.25, -0.2) is 9.59 Å². The molecule has 3 amide bonds. The third kappa shape index (κ3) is 5.25. The normalized spacial score (nSPS) is 13.5. The highest BCUT2D eigenvalue weighted by molar-refractivity contribution is 5.94. The Morgan fingerprint density at radius 2 is 1.61 bits per heavy atom. The van der Waals surface area contributed by atoms with Gasteiger partial charge in [-0.15, -0.1) is 0 Å². The molecule has 164 valence electrons. The molecule has 0 unspecified atom stereocenters. The van der Waals surface area contributed by atoms with Gasteiger partial charge in [-0.05, 0) is 42.0 Å². The van der Waals surface area contributed by atoms with Gasteiger partial charge < -0.3 is 29.7 Å². The Labute approximate surface area is 180 Å². The van der Waals surface area contributed by atoms with Crippen LogP contribution >= 0.6 is 0 Å². The molecule has 0 saturated carbocycles. The molecule has 9 nitrogen and oxygen atoms in total. The summed E-state index contributed by atoms with van der Waals surface area (Å²) < 4.78 is 9.93. The van der Waals surface area contributed by atoms with Crippen molar-refractivity contribution in [3.8, 4) is 11.5 Å². The fourth-order valence-corrected chi connectivity index (χ4v) is 3.32. The average molecular weight is 427 g/mol. The highest BCUT2D eigenvalue weighted by atomic mass is 16.5. The van der Waals surface area contributed by atoms with Crippen LogP contribution in [0.2, 0.25) is 0 Å². The number of nitrogens with one attached hydrogen (secondary N) is 1. The van der Waals surface area contributed by atoms with Crippen molar-refractivity contribution in [2.24, 2.45) is 0 Å². The maximum atomic E-state index is 12.5. The quantitative estimate of drug-likeness (QED) is 0.705. The molecule has 1 saturated heterocycles. The Kier molecular flexibility index (Phi) is 6.96. The minimum Gasteiger partial charge on any atom is -0.508 e. The maximum Gasteiger partial charge on any atom is 0.341 e. The molecule has 1 heterocycles. The number of carbonyl (C=O) groups excluding carboxylic acids is 3. The van der Waals surface area contributed by atoms with Gasteiger partial charge in [0, 0.05) is 38.3 Å². The van der Waals surface area contributed by atoms with Crippen molar-refractivity contribution in [1.82, 2.24) is 15.1 Å². The van der Waals surface area contributed by atoms with Gasteiger partial charge in [-0.2, -0.15) is 0 Å². The third-order valence-electron chi connectivity index (χ3n) is 5.08. The fraction of sp³-hybridized carbons (Fsp3) is 0.318. The molecule has 0 spiro atoms. The van der Waals surface area contributed by atoms with E-state index in [4.69, 9.17) is 9.47 Å².